The molecule has 0 spiro atoms. The molecule has 4 aromatic heterocycles. The molecule has 0 saturated heterocycles. The Morgan fingerprint density at radius 2 is 2.06 bits per heavy atom. The third-order valence-corrected chi connectivity index (χ3v) is 5.56. The van der Waals surface area contributed by atoms with Crippen LogP contribution in [0.5, 0.6) is 5.75 Å². The number of amides is 1. The van der Waals surface area contributed by atoms with Crippen molar-refractivity contribution in [2.75, 3.05) is 5.32 Å². The van der Waals surface area contributed by atoms with Gasteiger partial charge in [-0.25, -0.2) is 14.2 Å². The molecule has 5 rings (SSSR count). The number of anilines is 1. The molecule has 0 aliphatic heterocycles. The predicted molar refractivity (Wildman–Crippen MR) is 127 cm³/mol. The molecule has 11 heteroatoms. The first-order valence-corrected chi connectivity index (χ1v) is 11.0. The molecular formula is C23H21ClN8O2. The van der Waals surface area contributed by atoms with E-state index in [9.17, 15) is 4.79 Å². The van der Waals surface area contributed by atoms with E-state index < -0.39 is 0 Å². The van der Waals surface area contributed by atoms with Crippen LogP contribution in [0.2, 0.25) is 5.02 Å². The Kier molecular flexibility index (Phi) is 5.72. The van der Waals surface area contributed by atoms with Gasteiger partial charge in [0.15, 0.2) is 18.1 Å². The molecule has 34 heavy (non-hydrogen) atoms. The van der Waals surface area contributed by atoms with Crippen molar-refractivity contribution in [2.45, 2.75) is 27.1 Å². The third kappa shape index (κ3) is 4.23. The molecule has 0 aliphatic rings. The summed E-state index contributed by atoms with van der Waals surface area (Å²) in [5.74, 6) is 0.258. The molecule has 5 aromatic rings. The number of nitrogens with one attached hydrogen (secondary N) is 1. The van der Waals surface area contributed by atoms with Gasteiger partial charge in [-0.05, 0) is 38.1 Å². The van der Waals surface area contributed by atoms with Gasteiger partial charge < -0.3 is 10.1 Å². The van der Waals surface area contributed by atoms with Crippen LogP contribution in [-0.2, 0) is 13.3 Å². The van der Waals surface area contributed by atoms with Crippen molar-refractivity contribution in [3.63, 3.8) is 0 Å². The van der Waals surface area contributed by atoms with E-state index in [1.165, 1.54) is 0 Å². The number of aromatic nitrogens is 7. The van der Waals surface area contributed by atoms with E-state index in [0.29, 0.717) is 22.1 Å². The summed E-state index contributed by atoms with van der Waals surface area (Å²) in [6.45, 7) is 4.98. The van der Waals surface area contributed by atoms with Gasteiger partial charge in [-0.2, -0.15) is 15.3 Å². The first kappa shape index (κ1) is 21.7. The number of nitrogens with zero attached hydrogens (tertiary/aromatic N) is 7. The largest absolute Gasteiger partial charge is 0.471 e. The minimum Gasteiger partial charge on any atom is -0.471 e. The predicted octanol–water partition coefficient (Wildman–Crippen LogP) is 4.06. The van der Waals surface area contributed by atoms with Crippen molar-refractivity contribution in [1.29, 1.82) is 0 Å². The lowest BCUT2D eigenvalue weighted by molar-refractivity contribution is 0.102. The lowest BCUT2D eigenvalue weighted by Crippen LogP contribution is -2.12. The van der Waals surface area contributed by atoms with Gasteiger partial charge in [0.2, 0.25) is 0 Å². The number of benzene rings is 1. The third-order valence-electron chi connectivity index (χ3n) is 5.32. The highest BCUT2D eigenvalue weighted by molar-refractivity contribution is 6.30. The molecule has 1 N–H and O–H groups in total. The quantitative estimate of drug-likeness (QED) is 0.380. The highest BCUT2D eigenvalue weighted by Gasteiger charge is 2.17. The summed E-state index contributed by atoms with van der Waals surface area (Å²) in [5.41, 5.74) is 4.09. The van der Waals surface area contributed by atoms with Gasteiger partial charge in [0.25, 0.3) is 5.91 Å². The molecule has 0 unspecified atom stereocenters. The van der Waals surface area contributed by atoms with E-state index in [0.717, 1.165) is 23.5 Å². The Bertz CT molecular complexity index is 1490. The highest BCUT2D eigenvalue weighted by atomic mass is 35.5. The maximum absolute atomic E-state index is 12.9. The van der Waals surface area contributed by atoms with Gasteiger partial charge in [0.05, 0.1) is 30.0 Å². The minimum absolute atomic E-state index is 0.169. The van der Waals surface area contributed by atoms with Crippen molar-refractivity contribution >= 4 is 28.8 Å². The second kappa shape index (κ2) is 8.99. The normalized spacial score (nSPS) is 11.1. The van der Waals surface area contributed by atoms with Crippen LogP contribution >= 0.6 is 11.6 Å². The molecule has 4 heterocycles. The van der Waals surface area contributed by atoms with Crippen molar-refractivity contribution in [3.05, 3.63) is 77.6 Å². The molecule has 1 aromatic carbocycles. The van der Waals surface area contributed by atoms with E-state index in [1.54, 1.807) is 64.3 Å². The fraction of sp³-hybridized carbons (Fsp3) is 0.174. The Labute approximate surface area is 199 Å². The number of carbonyl (C=O) groups is 1. The van der Waals surface area contributed by atoms with Gasteiger partial charge in [0.1, 0.15) is 5.75 Å². The minimum atomic E-state index is -0.368. The monoisotopic (exact) mass is 476 g/mol. The van der Waals surface area contributed by atoms with Crippen LogP contribution in [0, 0.1) is 6.92 Å². The van der Waals surface area contributed by atoms with Crippen molar-refractivity contribution in [1.82, 2.24) is 34.2 Å². The number of carbonyl (C=O) groups excluding carboxylic acids is 1. The fourth-order valence-corrected chi connectivity index (χ4v) is 3.80. The Hall–Kier alpha value is -4.18. The number of fused-ring (bicyclic) bond motifs is 1. The van der Waals surface area contributed by atoms with Crippen LogP contribution in [0.4, 0.5) is 5.69 Å². The van der Waals surface area contributed by atoms with Crippen molar-refractivity contribution < 1.29 is 9.53 Å². The van der Waals surface area contributed by atoms with Crippen LogP contribution in [0.25, 0.3) is 16.9 Å². The maximum atomic E-state index is 12.9. The number of hydrogen-bond acceptors (Lipinski definition) is 6. The fourth-order valence-electron chi connectivity index (χ4n) is 3.62. The zero-order valence-electron chi connectivity index (χ0n) is 18.5. The van der Waals surface area contributed by atoms with Crippen LogP contribution in [0.3, 0.4) is 0 Å². The maximum Gasteiger partial charge on any atom is 0.276 e. The second-order valence-electron chi connectivity index (χ2n) is 7.54. The summed E-state index contributed by atoms with van der Waals surface area (Å²) < 4.78 is 10.8. The van der Waals surface area contributed by atoms with Gasteiger partial charge in [0, 0.05) is 35.1 Å². The SMILES string of the molecule is CCn1ncc(-c2ccnc3cc(C(=O)Nc4cnn(COc5cccc(Cl)c5)c4)nn23)c1C. The molecular weight excluding hydrogens is 456 g/mol. The second-order valence-corrected chi connectivity index (χ2v) is 7.98. The average Bonchev–Trinajstić information content (AvgIpc) is 3.55. The summed E-state index contributed by atoms with van der Waals surface area (Å²) >= 11 is 5.97. The Morgan fingerprint density at radius 1 is 1.18 bits per heavy atom. The zero-order valence-corrected chi connectivity index (χ0v) is 19.3. The Balaban J connectivity index is 1.32. The van der Waals surface area contributed by atoms with Gasteiger partial charge in [-0.15, -0.1) is 0 Å². The molecule has 0 saturated carbocycles. The smallest absolute Gasteiger partial charge is 0.276 e. The highest BCUT2D eigenvalue weighted by Crippen LogP contribution is 2.24. The summed E-state index contributed by atoms with van der Waals surface area (Å²) in [6, 6.07) is 10.6. The van der Waals surface area contributed by atoms with Gasteiger partial charge in [-0.1, -0.05) is 17.7 Å². The molecule has 0 bridgehead atoms. The summed E-state index contributed by atoms with van der Waals surface area (Å²) in [4.78, 5) is 17.2. The molecule has 172 valence electrons. The molecule has 0 aliphatic carbocycles. The lowest BCUT2D eigenvalue weighted by Gasteiger charge is -2.06. The zero-order chi connectivity index (χ0) is 23.7. The summed E-state index contributed by atoms with van der Waals surface area (Å²) in [5, 5.41) is 16.5. The van der Waals surface area contributed by atoms with E-state index in [4.69, 9.17) is 16.3 Å². The molecule has 1 amide bonds. The average molecular weight is 477 g/mol. The van der Waals surface area contributed by atoms with Crippen LogP contribution in [-0.4, -0.2) is 40.1 Å². The van der Waals surface area contributed by atoms with E-state index >= 15 is 0 Å². The van der Waals surface area contributed by atoms with Crippen LogP contribution in [0.15, 0.2) is 61.2 Å². The van der Waals surface area contributed by atoms with Crippen LogP contribution in [0.1, 0.15) is 23.1 Å². The number of hydrogen-bond donors (Lipinski definition) is 1. The van der Waals surface area contributed by atoms with Crippen molar-refractivity contribution in [2.24, 2.45) is 0 Å². The van der Waals surface area contributed by atoms with E-state index in [1.807, 2.05) is 24.6 Å². The molecule has 0 fully saturated rings. The standard InChI is InChI=1S/C23H21ClN8O2/c1-3-31-15(2)19(12-27-31)21-7-8-25-22-10-20(29-32(21)22)23(33)28-17-11-26-30(13-17)14-34-18-6-4-5-16(24)9-18/h4-13H,3,14H2,1-2H3,(H,28,33). The first-order chi connectivity index (χ1) is 16.5. The first-order valence-electron chi connectivity index (χ1n) is 10.6. The summed E-state index contributed by atoms with van der Waals surface area (Å²) in [7, 11) is 0. The van der Waals surface area contributed by atoms with Crippen LogP contribution < -0.4 is 10.1 Å². The van der Waals surface area contributed by atoms with Crippen molar-refractivity contribution in [3.8, 4) is 17.0 Å². The number of rotatable bonds is 7. The molecule has 0 atom stereocenters. The Morgan fingerprint density at radius 3 is 2.85 bits per heavy atom. The number of ether oxygens (including phenoxy) is 1. The lowest BCUT2D eigenvalue weighted by atomic mass is 10.2. The van der Waals surface area contributed by atoms with Gasteiger partial charge in [-0.3, -0.25) is 9.48 Å². The molecule has 10 nitrogen and oxygen atoms in total. The van der Waals surface area contributed by atoms with E-state index in [-0.39, 0.29) is 18.3 Å². The topological polar surface area (TPSA) is 104 Å². The molecule has 0 radical (unpaired) electrons. The number of halogens is 1. The van der Waals surface area contributed by atoms with E-state index in [2.05, 4.69) is 25.6 Å². The summed E-state index contributed by atoms with van der Waals surface area (Å²) in [6.07, 6.45) is 6.71. The van der Waals surface area contributed by atoms with Gasteiger partial charge >= 0.3 is 0 Å². The number of aryl methyl sites for hydroxylation is 1.